The van der Waals surface area contributed by atoms with Crippen molar-refractivity contribution in [1.82, 2.24) is 29.4 Å². The number of unbranched alkanes of at least 4 members (excludes halogenated alkanes) is 12. The largest absolute Gasteiger partial charge is 0.342 e. The summed E-state index contributed by atoms with van der Waals surface area (Å²) < 4.78 is 0. The second-order valence-electron chi connectivity index (χ2n) is 42.4. The van der Waals surface area contributed by atoms with E-state index in [1.54, 1.807) is 0 Å². The Kier molecular flexibility index (Phi) is 78.0. The number of carbonyl (C=O) groups excluding carboxylic acids is 6. The van der Waals surface area contributed by atoms with Crippen LogP contribution in [0, 0.1) is 107 Å². The van der Waals surface area contributed by atoms with E-state index in [9.17, 15) is 0 Å². The molecule has 0 spiro atoms. The molecule has 0 aliphatic carbocycles. The van der Waals surface area contributed by atoms with Gasteiger partial charge in [-0.2, -0.15) is 0 Å². The molecule has 0 fully saturated rings. The minimum atomic E-state index is -0.802. The van der Waals surface area contributed by atoms with Gasteiger partial charge in [0.25, 0.3) is 0 Å². The molecule has 0 bridgehead atoms. The van der Waals surface area contributed by atoms with Gasteiger partial charge in [-0.25, -0.2) is 0 Å². The maximum Gasteiger partial charge on any atom is 0.225 e. The fourth-order valence-corrected chi connectivity index (χ4v) is 21.4. The average Bonchev–Trinajstić information content (AvgIpc) is 0.813. The van der Waals surface area contributed by atoms with Crippen LogP contribution in [0.4, 0.5) is 0 Å². The van der Waals surface area contributed by atoms with Gasteiger partial charge in [-0.15, -0.1) is 0 Å². The van der Waals surface area contributed by atoms with Crippen molar-refractivity contribution < 1.29 is 28.8 Å². The zero-order valence-corrected chi connectivity index (χ0v) is 91.2. The lowest BCUT2D eigenvalue weighted by molar-refractivity contribution is -0.144. The van der Waals surface area contributed by atoms with Crippen LogP contribution in [0.2, 0.25) is 0 Å². The summed E-state index contributed by atoms with van der Waals surface area (Å²) in [5, 5.41) is 0. The molecule has 0 aromatic rings. The quantitative estimate of drug-likeness (QED) is 0.0598. The SMILES string of the molecule is CCCCC(CC)CN(CC(CC)CCCC)C(=O)C(C)CC(CC(CC(CC(CC(CC)C(=O)N(CC(CC)CCCC)CC(CC)CCCC)C(=O)N(CC(CC)CCCC)CC(CC)CCCC)C(=O)N(CC(CC)CCCC)CC(CC)CCCC)C(=O)N(CC(CC)CCCC)CC(CC)CCCC)C(=O)N(CC(CC)CCCC)CC(CC)CCCC. The van der Waals surface area contributed by atoms with E-state index in [-0.39, 0.29) is 78.4 Å². The lowest BCUT2D eigenvalue weighted by Crippen LogP contribution is -2.49. The minimum absolute atomic E-state index is 0.0624. The molecule has 0 aliphatic rings. The predicted molar refractivity (Wildman–Crippen MR) is 559 cm³/mol. The third-order valence-electron chi connectivity index (χ3n) is 31.7. The Bertz CT molecular complexity index is 2530. The second kappa shape index (κ2) is 80.0. The van der Waals surface area contributed by atoms with Gasteiger partial charge in [0.05, 0.1) is 0 Å². The molecule has 0 heterocycles. The zero-order chi connectivity index (χ0) is 96.0. The van der Waals surface area contributed by atoms with E-state index in [0.29, 0.717) is 145 Å². The highest BCUT2D eigenvalue weighted by Crippen LogP contribution is 2.40. The molecule has 0 aromatic carbocycles. The predicted octanol–water partition coefficient (Wildman–Crippen LogP) is 32.6. The molecule has 0 N–H and O–H groups in total. The van der Waals surface area contributed by atoms with Crippen molar-refractivity contribution in [3.8, 4) is 0 Å². The van der Waals surface area contributed by atoms with Crippen molar-refractivity contribution in [3.05, 3.63) is 0 Å². The lowest BCUT2D eigenvalue weighted by atomic mass is 9.76. The van der Waals surface area contributed by atoms with Crippen LogP contribution in [-0.2, 0) is 28.8 Å². The minimum Gasteiger partial charge on any atom is -0.342 e. The molecule has 0 saturated heterocycles. The van der Waals surface area contributed by atoms with Crippen LogP contribution in [0.3, 0.4) is 0 Å². The Morgan fingerprint density at radius 3 is 0.398 bits per heavy atom. The van der Waals surface area contributed by atoms with Crippen LogP contribution < -0.4 is 0 Å². The van der Waals surface area contributed by atoms with Crippen molar-refractivity contribution >= 4 is 35.4 Å². The molecule has 18 atom stereocenters. The molecule has 0 rings (SSSR count). The van der Waals surface area contributed by atoms with Gasteiger partial charge in [0.2, 0.25) is 35.4 Å². The Morgan fingerprint density at radius 1 is 0.156 bits per heavy atom. The van der Waals surface area contributed by atoms with E-state index in [4.69, 9.17) is 0 Å². The summed E-state index contributed by atoms with van der Waals surface area (Å²) in [5.74, 6) is 0.277. The monoisotopic (exact) mass is 1800 g/mol. The zero-order valence-electron chi connectivity index (χ0n) is 91.2. The van der Waals surface area contributed by atoms with Crippen LogP contribution in [0.5, 0.6) is 0 Å². The van der Waals surface area contributed by atoms with E-state index < -0.39 is 35.5 Å². The van der Waals surface area contributed by atoms with Crippen LogP contribution in [-0.4, -0.2) is 143 Å². The van der Waals surface area contributed by atoms with Gasteiger partial charge >= 0.3 is 0 Å². The first-order chi connectivity index (χ1) is 61.8. The first-order valence-electron chi connectivity index (χ1n) is 57.5. The summed E-state index contributed by atoms with van der Waals surface area (Å²) in [6.07, 6.45) is 52.3. The summed E-state index contributed by atoms with van der Waals surface area (Å²) in [7, 11) is 0. The average molecular weight is 1800 g/mol. The maximum absolute atomic E-state index is 18.2. The number of hydrogen-bond acceptors (Lipinski definition) is 6. The Hall–Kier alpha value is -3.18. The fourth-order valence-electron chi connectivity index (χ4n) is 21.4. The standard InChI is InChI=1S/C116H228N6O6/c1-27-52-64-94(39-13)81-117(82-95(40-14)65-53-28-2)111(123)93(26)76-107(113(125)119(85-98(43-17)68-56-31-5)86-99(44-18)69-57-32-6)78-109(115(127)121(89-102(47-21)72-60-35-9)90-103(48-22)73-61-36-10)80-110(116(128)122(91-104(49-23)74-62-37-11)92-105(50-24)75-63-38-12)79-108(114(126)120(87-100(45-19)70-58-33-7)88-101(46-20)71-59-34-8)77-106(51-25)112(124)118(83-96(41-15)66-54-29-3)84-97(42-16)67-55-30-4/h93-110H,27-92H2,1-26H3. The number of nitrogens with zero attached hydrogens (tertiary/aromatic N) is 6. The molecule has 0 saturated carbocycles. The number of hydrogen-bond donors (Lipinski definition) is 0. The molecule has 758 valence electrons. The van der Waals surface area contributed by atoms with E-state index in [0.717, 1.165) is 308 Å². The Balaban J connectivity index is 11.3. The molecule has 0 radical (unpaired) electrons. The van der Waals surface area contributed by atoms with Crippen molar-refractivity contribution in [2.75, 3.05) is 78.5 Å². The van der Waals surface area contributed by atoms with Crippen LogP contribution in [0.15, 0.2) is 0 Å². The van der Waals surface area contributed by atoms with Gasteiger partial charge in [-0.1, -0.05) is 411 Å². The highest BCUT2D eigenvalue weighted by molar-refractivity contribution is 5.87. The molecule has 128 heavy (non-hydrogen) atoms. The van der Waals surface area contributed by atoms with E-state index in [1.807, 2.05) is 0 Å². The van der Waals surface area contributed by atoms with Crippen molar-refractivity contribution in [2.24, 2.45) is 107 Å². The summed E-state index contributed by atoms with van der Waals surface area (Å²) >= 11 is 0. The molecule has 18 unspecified atom stereocenters. The topological polar surface area (TPSA) is 122 Å². The number of carbonyl (C=O) groups is 6. The molecular formula is C116H228N6O6. The molecule has 12 heteroatoms. The summed E-state index contributed by atoms with van der Waals surface area (Å²) in [6, 6.07) is 0. The number of amides is 6. The number of rotatable bonds is 89. The van der Waals surface area contributed by atoms with Crippen molar-refractivity contribution in [3.63, 3.8) is 0 Å². The molecule has 0 aliphatic heterocycles. The normalized spacial score (nSPS) is 16.2. The van der Waals surface area contributed by atoms with E-state index >= 15 is 28.8 Å². The summed E-state index contributed by atoms with van der Waals surface area (Å²) in [6.45, 7) is 67.5. The third-order valence-corrected chi connectivity index (χ3v) is 31.7. The highest BCUT2D eigenvalue weighted by atomic mass is 16.2. The highest BCUT2D eigenvalue weighted by Gasteiger charge is 2.44. The van der Waals surface area contributed by atoms with Gasteiger partial charge < -0.3 is 29.4 Å². The smallest absolute Gasteiger partial charge is 0.225 e. The van der Waals surface area contributed by atoms with Crippen LogP contribution >= 0.6 is 0 Å². The molecular weight excluding hydrogens is 1570 g/mol. The van der Waals surface area contributed by atoms with E-state index in [2.05, 4.69) is 209 Å². The second-order valence-corrected chi connectivity index (χ2v) is 42.4. The first-order valence-corrected chi connectivity index (χ1v) is 57.5. The maximum atomic E-state index is 18.2. The van der Waals surface area contributed by atoms with Gasteiger partial charge in [0, 0.05) is 114 Å². The molecule has 6 amide bonds. The first kappa shape index (κ1) is 125. The fraction of sp³-hybridized carbons (Fsp3) is 0.948. The van der Waals surface area contributed by atoms with Crippen LogP contribution in [0.1, 0.15) is 527 Å². The van der Waals surface area contributed by atoms with Crippen molar-refractivity contribution in [1.29, 1.82) is 0 Å². The summed E-state index contributed by atoms with van der Waals surface area (Å²) in [4.78, 5) is 119. The summed E-state index contributed by atoms with van der Waals surface area (Å²) in [5.41, 5.74) is 0. The third kappa shape index (κ3) is 52.2. The van der Waals surface area contributed by atoms with E-state index in [1.165, 1.54) is 0 Å². The molecule has 0 aromatic heterocycles. The van der Waals surface area contributed by atoms with Crippen LogP contribution in [0.25, 0.3) is 0 Å². The molecule has 12 nitrogen and oxygen atoms in total. The van der Waals surface area contributed by atoms with Gasteiger partial charge in [0.1, 0.15) is 0 Å². The van der Waals surface area contributed by atoms with Gasteiger partial charge in [-0.05, 0) is 187 Å². The van der Waals surface area contributed by atoms with Gasteiger partial charge in [0.15, 0.2) is 0 Å². The van der Waals surface area contributed by atoms with Crippen molar-refractivity contribution in [2.45, 2.75) is 527 Å². The lowest BCUT2D eigenvalue weighted by Gasteiger charge is -2.40. The van der Waals surface area contributed by atoms with Gasteiger partial charge in [-0.3, -0.25) is 28.8 Å². The Labute approximate surface area is 800 Å². The Morgan fingerprint density at radius 2 is 0.273 bits per heavy atom.